The zero-order valence-corrected chi connectivity index (χ0v) is 14.1. The van der Waals surface area contributed by atoms with Crippen LogP contribution in [0.15, 0.2) is 47.4 Å². The number of aromatic nitrogens is 3. The molecule has 2 aromatic heterocycles. The van der Waals surface area contributed by atoms with Crippen molar-refractivity contribution in [3.8, 4) is 0 Å². The Morgan fingerprint density at radius 2 is 2.12 bits per heavy atom. The Morgan fingerprint density at radius 1 is 1.29 bits per heavy atom. The maximum absolute atomic E-state index is 6.42. The molecule has 0 aliphatic carbocycles. The van der Waals surface area contributed by atoms with E-state index in [4.69, 9.17) is 13.9 Å². The first-order valence-electron chi connectivity index (χ1n) is 8.15. The standard InChI is InChI=1S/C18H21N3O3/c1-13-9-17(2,3)24-18(23-13,10-21-12-19-11-20-21)16-8-14-6-4-5-7-15(14)22-16/h4-8,11-13H,9-10H2,1-3H3/t13-,18+/m0/s1. The van der Waals surface area contributed by atoms with Crippen molar-refractivity contribution in [2.45, 2.75) is 51.2 Å². The first kappa shape index (κ1) is 15.4. The second-order valence-electron chi connectivity index (χ2n) is 6.99. The van der Waals surface area contributed by atoms with E-state index in [-0.39, 0.29) is 11.7 Å². The van der Waals surface area contributed by atoms with E-state index in [1.807, 2.05) is 30.3 Å². The Labute approximate surface area is 140 Å². The second-order valence-corrected chi connectivity index (χ2v) is 6.99. The number of para-hydroxylation sites is 1. The highest BCUT2D eigenvalue weighted by molar-refractivity contribution is 5.77. The molecule has 24 heavy (non-hydrogen) atoms. The molecule has 1 aromatic carbocycles. The fourth-order valence-corrected chi connectivity index (χ4v) is 3.52. The van der Waals surface area contributed by atoms with Crippen molar-refractivity contribution in [3.05, 3.63) is 48.7 Å². The topological polar surface area (TPSA) is 62.3 Å². The lowest BCUT2D eigenvalue weighted by Crippen LogP contribution is -2.52. The Bertz CT molecular complexity index is 807. The summed E-state index contributed by atoms with van der Waals surface area (Å²) in [5.74, 6) is -0.382. The third-order valence-corrected chi connectivity index (χ3v) is 4.25. The van der Waals surface area contributed by atoms with Crippen LogP contribution in [0, 0.1) is 0 Å². The van der Waals surface area contributed by atoms with E-state index in [2.05, 4.69) is 30.9 Å². The van der Waals surface area contributed by atoms with Gasteiger partial charge in [0.1, 0.15) is 24.8 Å². The van der Waals surface area contributed by atoms with Crippen molar-refractivity contribution in [2.75, 3.05) is 0 Å². The van der Waals surface area contributed by atoms with E-state index in [0.29, 0.717) is 12.3 Å². The molecule has 0 saturated carbocycles. The molecule has 1 aliphatic rings. The molecule has 126 valence electrons. The van der Waals surface area contributed by atoms with E-state index in [9.17, 15) is 0 Å². The molecular formula is C18H21N3O3. The number of ether oxygens (including phenoxy) is 2. The smallest absolute Gasteiger partial charge is 0.249 e. The Hall–Kier alpha value is -2.18. The summed E-state index contributed by atoms with van der Waals surface area (Å²) in [5, 5.41) is 5.23. The number of hydrogen-bond donors (Lipinski definition) is 0. The zero-order valence-electron chi connectivity index (χ0n) is 14.1. The number of nitrogens with zero attached hydrogens (tertiary/aromatic N) is 3. The minimum Gasteiger partial charge on any atom is -0.455 e. The highest BCUT2D eigenvalue weighted by Gasteiger charge is 2.49. The highest BCUT2D eigenvalue weighted by Crippen LogP contribution is 2.43. The van der Waals surface area contributed by atoms with Gasteiger partial charge in [0.05, 0.1) is 11.7 Å². The first-order valence-corrected chi connectivity index (χ1v) is 8.15. The average molecular weight is 327 g/mol. The van der Waals surface area contributed by atoms with E-state index in [1.54, 1.807) is 11.0 Å². The van der Waals surface area contributed by atoms with Crippen LogP contribution in [0.1, 0.15) is 33.0 Å². The molecule has 4 rings (SSSR count). The highest BCUT2D eigenvalue weighted by atomic mass is 16.7. The van der Waals surface area contributed by atoms with Gasteiger partial charge in [0.15, 0.2) is 5.76 Å². The van der Waals surface area contributed by atoms with Crippen LogP contribution < -0.4 is 0 Å². The number of fused-ring (bicyclic) bond motifs is 1. The van der Waals surface area contributed by atoms with Gasteiger partial charge in [-0.15, -0.1) is 0 Å². The Morgan fingerprint density at radius 3 is 2.83 bits per heavy atom. The largest absolute Gasteiger partial charge is 0.455 e. The minimum atomic E-state index is -1.03. The van der Waals surface area contributed by atoms with Crippen LogP contribution in [0.2, 0.25) is 0 Å². The predicted molar refractivity (Wildman–Crippen MR) is 88.2 cm³/mol. The normalized spacial score (nSPS) is 26.7. The van der Waals surface area contributed by atoms with Crippen LogP contribution >= 0.6 is 0 Å². The fourth-order valence-electron chi connectivity index (χ4n) is 3.52. The molecule has 6 heteroatoms. The van der Waals surface area contributed by atoms with E-state index in [1.165, 1.54) is 6.33 Å². The number of furan rings is 1. The minimum absolute atomic E-state index is 0.0329. The molecule has 0 amide bonds. The third kappa shape index (κ3) is 2.72. The Kier molecular flexibility index (Phi) is 3.47. The molecule has 3 aromatic rings. The summed E-state index contributed by atoms with van der Waals surface area (Å²) in [6.07, 6.45) is 4.00. The molecule has 1 saturated heterocycles. The van der Waals surface area contributed by atoms with Crippen molar-refractivity contribution >= 4 is 11.0 Å². The molecule has 1 fully saturated rings. The van der Waals surface area contributed by atoms with E-state index >= 15 is 0 Å². The summed E-state index contributed by atoms with van der Waals surface area (Å²) in [6.45, 7) is 6.58. The van der Waals surface area contributed by atoms with Crippen LogP contribution in [0.25, 0.3) is 11.0 Å². The maximum atomic E-state index is 6.42. The lowest BCUT2D eigenvalue weighted by molar-refractivity contribution is -0.361. The lowest BCUT2D eigenvalue weighted by atomic mass is 9.97. The van der Waals surface area contributed by atoms with Crippen molar-refractivity contribution in [3.63, 3.8) is 0 Å². The first-order chi connectivity index (χ1) is 11.5. The number of hydrogen-bond acceptors (Lipinski definition) is 5. The summed E-state index contributed by atoms with van der Waals surface area (Å²) in [6, 6.07) is 9.89. The van der Waals surface area contributed by atoms with Crippen molar-refractivity contribution < 1.29 is 13.9 Å². The van der Waals surface area contributed by atoms with Crippen molar-refractivity contribution in [1.82, 2.24) is 14.8 Å². The third-order valence-electron chi connectivity index (χ3n) is 4.25. The number of rotatable bonds is 3. The number of benzene rings is 1. The Balaban J connectivity index is 1.83. The molecule has 0 N–H and O–H groups in total. The second kappa shape index (κ2) is 5.43. The summed E-state index contributed by atoms with van der Waals surface area (Å²) in [7, 11) is 0. The van der Waals surface area contributed by atoms with Crippen molar-refractivity contribution in [2.24, 2.45) is 0 Å². The van der Waals surface area contributed by atoms with Gasteiger partial charge >= 0.3 is 0 Å². The molecular weight excluding hydrogens is 306 g/mol. The van der Waals surface area contributed by atoms with Gasteiger partial charge < -0.3 is 13.9 Å². The van der Waals surface area contributed by atoms with E-state index < -0.39 is 5.79 Å². The predicted octanol–water partition coefficient (Wildman–Crippen LogP) is 3.48. The average Bonchev–Trinajstić information content (AvgIpc) is 3.13. The van der Waals surface area contributed by atoms with Gasteiger partial charge in [-0.25, -0.2) is 9.67 Å². The van der Waals surface area contributed by atoms with Gasteiger partial charge in [0.2, 0.25) is 5.79 Å². The van der Waals surface area contributed by atoms with Crippen LogP contribution in [0.5, 0.6) is 0 Å². The van der Waals surface area contributed by atoms with Gasteiger partial charge in [0.25, 0.3) is 0 Å². The molecule has 0 radical (unpaired) electrons. The van der Waals surface area contributed by atoms with Crippen molar-refractivity contribution in [1.29, 1.82) is 0 Å². The maximum Gasteiger partial charge on any atom is 0.249 e. The molecule has 1 aliphatic heterocycles. The van der Waals surface area contributed by atoms with Crippen LogP contribution in [-0.4, -0.2) is 26.5 Å². The zero-order chi connectivity index (χ0) is 16.8. The van der Waals surface area contributed by atoms with Crippen LogP contribution in [0.4, 0.5) is 0 Å². The van der Waals surface area contributed by atoms with E-state index in [0.717, 1.165) is 17.4 Å². The van der Waals surface area contributed by atoms with Gasteiger partial charge in [0, 0.05) is 11.8 Å². The molecule has 3 heterocycles. The van der Waals surface area contributed by atoms with Gasteiger partial charge in [-0.1, -0.05) is 18.2 Å². The van der Waals surface area contributed by atoms with Gasteiger partial charge in [-0.05, 0) is 32.9 Å². The molecule has 0 unspecified atom stereocenters. The van der Waals surface area contributed by atoms with Gasteiger partial charge in [-0.2, -0.15) is 5.10 Å². The fraction of sp³-hybridized carbons (Fsp3) is 0.444. The molecule has 0 spiro atoms. The molecule has 0 bridgehead atoms. The molecule has 2 atom stereocenters. The lowest BCUT2D eigenvalue weighted by Gasteiger charge is -2.46. The summed E-state index contributed by atoms with van der Waals surface area (Å²) in [5.41, 5.74) is 0.478. The van der Waals surface area contributed by atoms with Gasteiger partial charge in [-0.3, -0.25) is 0 Å². The quantitative estimate of drug-likeness (QED) is 0.737. The van der Waals surface area contributed by atoms with Crippen LogP contribution in [-0.2, 0) is 21.8 Å². The SMILES string of the molecule is C[C@H]1CC(C)(C)O[C@](Cn2cncn2)(c2cc3ccccc3o2)O1. The van der Waals surface area contributed by atoms with Crippen LogP contribution in [0.3, 0.4) is 0 Å². The summed E-state index contributed by atoms with van der Waals surface area (Å²) in [4.78, 5) is 4.02. The summed E-state index contributed by atoms with van der Waals surface area (Å²) < 4.78 is 20.5. The summed E-state index contributed by atoms with van der Waals surface area (Å²) >= 11 is 0. The molecule has 6 nitrogen and oxygen atoms in total. The monoisotopic (exact) mass is 327 g/mol.